The molecule has 0 unspecified atom stereocenters. The fraction of sp³-hybridized carbons (Fsp3) is 0.158. The molecule has 0 saturated carbocycles. The van der Waals surface area contributed by atoms with Crippen molar-refractivity contribution in [3.8, 4) is 11.6 Å². The molecule has 27 heavy (non-hydrogen) atoms. The Hall–Kier alpha value is -2.25. The van der Waals surface area contributed by atoms with Crippen LogP contribution in [0.2, 0.25) is 5.02 Å². The number of aryl methyl sites for hydroxylation is 1. The van der Waals surface area contributed by atoms with Crippen molar-refractivity contribution in [2.45, 2.75) is 24.0 Å². The van der Waals surface area contributed by atoms with Crippen molar-refractivity contribution in [2.75, 3.05) is 0 Å². The molecular formula is C19H14ClF3N2OS. The van der Waals surface area contributed by atoms with Gasteiger partial charge in [0.05, 0.1) is 5.02 Å². The summed E-state index contributed by atoms with van der Waals surface area (Å²) in [6.07, 6.45) is -4.61. The van der Waals surface area contributed by atoms with Gasteiger partial charge in [0.25, 0.3) is 0 Å². The summed E-state index contributed by atoms with van der Waals surface area (Å²) in [4.78, 5) is 7.73. The molecule has 0 aliphatic carbocycles. The molecule has 3 rings (SSSR count). The van der Waals surface area contributed by atoms with Crippen LogP contribution in [0.15, 0.2) is 59.8 Å². The lowest BCUT2D eigenvalue weighted by Crippen LogP contribution is -2.10. The molecule has 140 valence electrons. The molecule has 2 aromatic carbocycles. The van der Waals surface area contributed by atoms with Crippen LogP contribution in [0.5, 0.6) is 11.6 Å². The Morgan fingerprint density at radius 1 is 1.04 bits per heavy atom. The largest absolute Gasteiger partial charge is 0.437 e. The van der Waals surface area contributed by atoms with Crippen LogP contribution in [0.4, 0.5) is 13.2 Å². The second-order valence-electron chi connectivity index (χ2n) is 5.62. The minimum atomic E-state index is -4.61. The van der Waals surface area contributed by atoms with Crippen molar-refractivity contribution in [3.63, 3.8) is 0 Å². The second kappa shape index (κ2) is 8.19. The smallest absolute Gasteiger partial charge is 0.433 e. The molecule has 3 aromatic rings. The number of para-hydroxylation sites is 1. The van der Waals surface area contributed by atoms with Gasteiger partial charge < -0.3 is 4.74 Å². The number of thioether (sulfide) groups is 1. The lowest BCUT2D eigenvalue weighted by molar-refractivity contribution is -0.141. The van der Waals surface area contributed by atoms with Crippen LogP contribution >= 0.6 is 23.4 Å². The zero-order chi connectivity index (χ0) is 19.4. The maximum atomic E-state index is 13.2. The van der Waals surface area contributed by atoms with E-state index in [2.05, 4.69) is 9.97 Å². The van der Waals surface area contributed by atoms with Crippen molar-refractivity contribution in [3.05, 3.63) is 76.4 Å². The van der Waals surface area contributed by atoms with Gasteiger partial charge in [-0.3, -0.25) is 0 Å². The molecule has 0 radical (unpaired) electrons. The first kappa shape index (κ1) is 19.5. The molecule has 0 atom stereocenters. The summed E-state index contributed by atoms with van der Waals surface area (Å²) in [5.41, 5.74) is 0.980. The first-order valence-electron chi connectivity index (χ1n) is 7.89. The van der Waals surface area contributed by atoms with E-state index in [-0.39, 0.29) is 21.8 Å². The van der Waals surface area contributed by atoms with E-state index in [1.807, 2.05) is 31.2 Å². The molecule has 3 nitrogen and oxygen atoms in total. The van der Waals surface area contributed by atoms with Crippen molar-refractivity contribution in [1.82, 2.24) is 9.97 Å². The highest BCUT2D eigenvalue weighted by Gasteiger charge is 2.34. The van der Waals surface area contributed by atoms with Gasteiger partial charge in [0, 0.05) is 11.8 Å². The summed E-state index contributed by atoms with van der Waals surface area (Å²) < 4.78 is 45.1. The number of hydrogen-bond acceptors (Lipinski definition) is 4. The topological polar surface area (TPSA) is 35.0 Å². The SMILES string of the molecule is Cc1ccccc1CSc1nc(Oc2ccccc2Cl)cc(C(F)(F)F)n1. The summed E-state index contributed by atoms with van der Waals surface area (Å²) in [5, 5.41) is 0.258. The number of rotatable bonds is 5. The van der Waals surface area contributed by atoms with Crippen molar-refractivity contribution >= 4 is 23.4 Å². The van der Waals surface area contributed by atoms with Crippen LogP contribution in [0.25, 0.3) is 0 Å². The Bertz CT molecular complexity index is 950. The van der Waals surface area contributed by atoms with Crippen LogP contribution in [-0.2, 0) is 11.9 Å². The fourth-order valence-electron chi connectivity index (χ4n) is 2.22. The summed E-state index contributed by atoms with van der Waals surface area (Å²) in [6.45, 7) is 1.94. The van der Waals surface area contributed by atoms with Crippen LogP contribution < -0.4 is 4.74 Å². The van der Waals surface area contributed by atoms with Crippen molar-refractivity contribution in [1.29, 1.82) is 0 Å². The van der Waals surface area contributed by atoms with E-state index >= 15 is 0 Å². The van der Waals surface area contributed by atoms with Crippen LogP contribution in [-0.4, -0.2) is 9.97 Å². The zero-order valence-corrected chi connectivity index (χ0v) is 15.7. The van der Waals surface area contributed by atoms with Gasteiger partial charge in [-0.1, -0.05) is 59.8 Å². The van der Waals surface area contributed by atoms with E-state index in [4.69, 9.17) is 16.3 Å². The Kier molecular flexibility index (Phi) is 5.92. The minimum Gasteiger partial charge on any atom is -0.437 e. The molecule has 1 heterocycles. The highest BCUT2D eigenvalue weighted by molar-refractivity contribution is 7.98. The predicted octanol–water partition coefficient (Wildman–Crippen LogP) is 6.54. The summed E-state index contributed by atoms with van der Waals surface area (Å²) in [7, 11) is 0. The van der Waals surface area contributed by atoms with Gasteiger partial charge in [-0.05, 0) is 30.2 Å². The van der Waals surface area contributed by atoms with Crippen LogP contribution in [0.3, 0.4) is 0 Å². The van der Waals surface area contributed by atoms with Gasteiger partial charge in [0.1, 0.15) is 5.75 Å². The van der Waals surface area contributed by atoms with Gasteiger partial charge in [-0.15, -0.1) is 0 Å². The van der Waals surface area contributed by atoms with E-state index in [1.165, 1.54) is 0 Å². The third kappa shape index (κ3) is 5.14. The number of ether oxygens (including phenoxy) is 1. The predicted molar refractivity (Wildman–Crippen MR) is 99.3 cm³/mol. The maximum absolute atomic E-state index is 13.2. The molecule has 0 aliphatic rings. The maximum Gasteiger partial charge on any atom is 0.433 e. The average Bonchev–Trinajstić information content (AvgIpc) is 2.62. The number of nitrogens with zero attached hydrogens (tertiary/aromatic N) is 2. The van der Waals surface area contributed by atoms with Gasteiger partial charge in [0.15, 0.2) is 10.9 Å². The molecule has 1 aromatic heterocycles. The zero-order valence-electron chi connectivity index (χ0n) is 14.1. The monoisotopic (exact) mass is 410 g/mol. The van der Waals surface area contributed by atoms with Gasteiger partial charge in [-0.2, -0.15) is 18.2 Å². The Morgan fingerprint density at radius 3 is 2.44 bits per heavy atom. The third-order valence-electron chi connectivity index (χ3n) is 3.64. The minimum absolute atomic E-state index is 0.0184. The number of benzene rings is 2. The molecule has 0 fully saturated rings. The summed E-state index contributed by atoms with van der Waals surface area (Å²) >= 11 is 7.12. The number of aromatic nitrogens is 2. The van der Waals surface area contributed by atoms with Gasteiger partial charge in [0.2, 0.25) is 5.88 Å². The summed E-state index contributed by atoms with van der Waals surface area (Å²) in [5.74, 6) is 0.457. The lowest BCUT2D eigenvalue weighted by atomic mass is 10.1. The van der Waals surface area contributed by atoms with Crippen molar-refractivity contribution in [2.24, 2.45) is 0 Å². The van der Waals surface area contributed by atoms with Crippen LogP contribution in [0, 0.1) is 6.92 Å². The molecule has 0 N–H and O–H groups in total. The normalized spacial score (nSPS) is 11.4. The second-order valence-corrected chi connectivity index (χ2v) is 6.97. The lowest BCUT2D eigenvalue weighted by Gasteiger charge is -2.12. The number of halogens is 4. The van der Waals surface area contributed by atoms with E-state index < -0.39 is 11.9 Å². The van der Waals surface area contributed by atoms with Gasteiger partial charge >= 0.3 is 6.18 Å². The Balaban J connectivity index is 1.89. The van der Waals surface area contributed by atoms with Crippen molar-refractivity contribution < 1.29 is 17.9 Å². The first-order chi connectivity index (χ1) is 12.8. The molecular weight excluding hydrogens is 397 g/mol. The highest BCUT2D eigenvalue weighted by Crippen LogP contribution is 2.34. The fourth-order valence-corrected chi connectivity index (χ4v) is 3.32. The van der Waals surface area contributed by atoms with Gasteiger partial charge in [-0.25, -0.2) is 4.98 Å². The van der Waals surface area contributed by atoms with E-state index in [0.717, 1.165) is 29.0 Å². The number of alkyl halides is 3. The quantitative estimate of drug-likeness (QED) is 0.353. The first-order valence-corrected chi connectivity index (χ1v) is 9.25. The molecule has 0 amide bonds. The molecule has 0 bridgehead atoms. The molecule has 0 spiro atoms. The van der Waals surface area contributed by atoms with Crippen LogP contribution in [0.1, 0.15) is 16.8 Å². The third-order valence-corrected chi connectivity index (χ3v) is 4.85. The summed E-state index contributed by atoms with van der Waals surface area (Å²) in [6, 6.07) is 14.9. The average molecular weight is 411 g/mol. The number of hydrogen-bond donors (Lipinski definition) is 0. The van der Waals surface area contributed by atoms with E-state index in [1.54, 1.807) is 24.3 Å². The molecule has 8 heteroatoms. The Labute approximate surface area is 163 Å². The highest BCUT2D eigenvalue weighted by atomic mass is 35.5. The molecule has 0 aliphatic heterocycles. The van der Waals surface area contributed by atoms with E-state index in [0.29, 0.717) is 5.75 Å². The van der Waals surface area contributed by atoms with E-state index in [9.17, 15) is 13.2 Å². The standard InChI is InChI=1S/C19H14ClF3N2OS/c1-12-6-2-3-7-13(12)11-27-18-24-16(19(21,22)23)10-17(25-18)26-15-9-5-4-8-14(15)20/h2-10H,11H2,1H3. The molecule has 0 saturated heterocycles. The Morgan fingerprint density at radius 2 is 1.74 bits per heavy atom.